The Hall–Kier alpha value is -3.41. The van der Waals surface area contributed by atoms with Gasteiger partial charge in [-0.3, -0.25) is 14.3 Å². The first kappa shape index (κ1) is 18.0. The number of nitrogens with one attached hydrogen (secondary N) is 2. The van der Waals surface area contributed by atoms with Crippen LogP contribution in [0, 0.1) is 0 Å². The van der Waals surface area contributed by atoms with Gasteiger partial charge in [0.25, 0.3) is 5.56 Å². The Kier molecular flexibility index (Phi) is 4.93. The van der Waals surface area contributed by atoms with Gasteiger partial charge in [0.05, 0.1) is 5.69 Å². The number of H-pyrrole nitrogens is 1. The molecule has 6 heteroatoms. The van der Waals surface area contributed by atoms with Crippen LogP contribution in [0.1, 0.15) is 18.1 Å². The number of aromatic nitrogens is 4. The van der Waals surface area contributed by atoms with Crippen molar-refractivity contribution in [1.82, 2.24) is 19.5 Å². The molecule has 0 unspecified atom stereocenters. The van der Waals surface area contributed by atoms with E-state index in [1.807, 2.05) is 12.1 Å². The van der Waals surface area contributed by atoms with E-state index in [-0.39, 0.29) is 5.56 Å². The number of fused-ring (bicyclic) bond motifs is 1. The standard InChI is InChI=1S/C22H23N5O/c1-3-15-4-5-19-18(12-15)17(14-25-19)8-11-24-22-26-20(13-21(28)27(22)2)16-6-9-23-10-7-16/h4-7,9-10,12-14,25H,3,8,11H2,1-2H3,(H,24,26). The van der Waals surface area contributed by atoms with Gasteiger partial charge in [0.15, 0.2) is 0 Å². The molecule has 0 saturated heterocycles. The van der Waals surface area contributed by atoms with Gasteiger partial charge >= 0.3 is 0 Å². The van der Waals surface area contributed by atoms with Crippen LogP contribution in [0.4, 0.5) is 5.95 Å². The maximum Gasteiger partial charge on any atom is 0.255 e. The Labute approximate surface area is 163 Å². The van der Waals surface area contributed by atoms with E-state index in [1.54, 1.807) is 25.5 Å². The van der Waals surface area contributed by atoms with Crippen molar-refractivity contribution in [3.05, 3.63) is 76.5 Å². The Morgan fingerprint density at radius 3 is 2.75 bits per heavy atom. The summed E-state index contributed by atoms with van der Waals surface area (Å²) in [5.41, 5.74) is 5.16. The lowest BCUT2D eigenvalue weighted by atomic mass is 10.1. The second kappa shape index (κ2) is 7.68. The highest BCUT2D eigenvalue weighted by molar-refractivity contribution is 5.84. The van der Waals surface area contributed by atoms with E-state index >= 15 is 0 Å². The molecule has 142 valence electrons. The molecule has 6 nitrogen and oxygen atoms in total. The molecular weight excluding hydrogens is 350 g/mol. The average molecular weight is 373 g/mol. The van der Waals surface area contributed by atoms with E-state index in [0.717, 1.165) is 23.9 Å². The molecule has 0 spiro atoms. The third-order valence-electron chi connectivity index (χ3n) is 5.03. The maximum absolute atomic E-state index is 12.3. The molecule has 28 heavy (non-hydrogen) atoms. The molecular formula is C22H23N5O. The van der Waals surface area contributed by atoms with Crippen LogP contribution in [0.3, 0.4) is 0 Å². The van der Waals surface area contributed by atoms with Crippen LogP contribution in [-0.2, 0) is 19.9 Å². The topological polar surface area (TPSA) is 75.6 Å². The van der Waals surface area contributed by atoms with Gasteiger partial charge in [0.1, 0.15) is 0 Å². The molecule has 0 aliphatic rings. The normalized spacial score (nSPS) is 11.1. The van der Waals surface area contributed by atoms with Crippen LogP contribution in [0.5, 0.6) is 0 Å². The highest BCUT2D eigenvalue weighted by Gasteiger charge is 2.09. The zero-order valence-corrected chi connectivity index (χ0v) is 16.1. The molecule has 0 aliphatic carbocycles. The van der Waals surface area contributed by atoms with Gasteiger partial charge in [-0.05, 0) is 48.2 Å². The number of aryl methyl sites for hydroxylation is 1. The predicted octanol–water partition coefficient (Wildman–Crippen LogP) is 3.54. The number of hydrogen-bond donors (Lipinski definition) is 2. The smallest absolute Gasteiger partial charge is 0.255 e. The number of pyridine rings is 1. The number of nitrogens with zero attached hydrogens (tertiary/aromatic N) is 3. The van der Waals surface area contributed by atoms with E-state index in [0.29, 0.717) is 18.2 Å². The Morgan fingerprint density at radius 1 is 1.14 bits per heavy atom. The number of benzene rings is 1. The van der Waals surface area contributed by atoms with Gasteiger partial charge in [-0.1, -0.05) is 13.0 Å². The number of rotatable bonds is 6. The van der Waals surface area contributed by atoms with Crippen LogP contribution in [0.2, 0.25) is 0 Å². The van der Waals surface area contributed by atoms with Crippen LogP contribution in [-0.4, -0.2) is 26.1 Å². The summed E-state index contributed by atoms with van der Waals surface area (Å²) in [5.74, 6) is 0.563. The van der Waals surface area contributed by atoms with Crippen LogP contribution < -0.4 is 10.9 Å². The van der Waals surface area contributed by atoms with E-state index in [2.05, 4.69) is 51.6 Å². The fourth-order valence-electron chi connectivity index (χ4n) is 3.33. The molecule has 3 heterocycles. The lowest BCUT2D eigenvalue weighted by molar-refractivity contribution is 0.820. The summed E-state index contributed by atoms with van der Waals surface area (Å²) >= 11 is 0. The minimum atomic E-state index is -0.0935. The van der Waals surface area contributed by atoms with Crippen LogP contribution in [0.25, 0.3) is 22.2 Å². The van der Waals surface area contributed by atoms with Gasteiger partial charge in [0, 0.05) is 54.7 Å². The second-order valence-corrected chi connectivity index (χ2v) is 6.82. The molecule has 2 N–H and O–H groups in total. The van der Waals surface area contributed by atoms with E-state index in [9.17, 15) is 4.79 Å². The summed E-state index contributed by atoms with van der Waals surface area (Å²) in [6.45, 7) is 2.85. The molecule has 4 aromatic rings. The van der Waals surface area contributed by atoms with E-state index in [4.69, 9.17) is 0 Å². The first-order valence-electron chi connectivity index (χ1n) is 9.47. The summed E-state index contributed by atoms with van der Waals surface area (Å²) in [5, 5.41) is 4.58. The van der Waals surface area contributed by atoms with Gasteiger partial charge in [0.2, 0.25) is 5.95 Å². The quantitative estimate of drug-likeness (QED) is 0.542. The monoisotopic (exact) mass is 373 g/mol. The van der Waals surface area contributed by atoms with Gasteiger partial charge in [-0.25, -0.2) is 4.98 Å². The fourth-order valence-corrected chi connectivity index (χ4v) is 3.33. The fraction of sp³-hybridized carbons (Fsp3) is 0.227. The Bertz CT molecular complexity index is 1160. The van der Waals surface area contributed by atoms with Crippen molar-refractivity contribution >= 4 is 16.9 Å². The van der Waals surface area contributed by atoms with Crippen molar-refractivity contribution in [3.63, 3.8) is 0 Å². The number of anilines is 1. The number of hydrogen-bond acceptors (Lipinski definition) is 4. The molecule has 0 radical (unpaired) electrons. The largest absolute Gasteiger partial charge is 0.361 e. The van der Waals surface area contributed by atoms with Crippen molar-refractivity contribution < 1.29 is 0 Å². The lowest BCUT2D eigenvalue weighted by Crippen LogP contribution is -2.22. The zero-order valence-electron chi connectivity index (χ0n) is 16.1. The van der Waals surface area contributed by atoms with Gasteiger partial charge in [-0.15, -0.1) is 0 Å². The van der Waals surface area contributed by atoms with Gasteiger partial charge in [-0.2, -0.15) is 0 Å². The molecule has 4 rings (SSSR count). The highest BCUT2D eigenvalue weighted by Crippen LogP contribution is 2.21. The summed E-state index contributed by atoms with van der Waals surface area (Å²) in [6.07, 6.45) is 7.31. The zero-order chi connectivity index (χ0) is 19.5. The SMILES string of the molecule is CCc1ccc2[nH]cc(CCNc3nc(-c4ccncc4)cc(=O)n3C)c2c1. The summed E-state index contributed by atoms with van der Waals surface area (Å²) in [6, 6.07) is 11.8. The highest BCUT2D eigenvalue weighted by atomic mass is 16.1. The predicted molar refractivity (Wildman–Crippen MR) is 113 cm³/mol. The maximum atomic E-state index is 12.3. The van der Waals surface area contributed by atoms with Crippen LogP contribution >= 0.6 is 0 Å². The summed E-state index contributed by atoms with van der Waals surface area (Å²) in [4.78, 5) is 24.3. The van der Waals surface area contributed by atoms with Crippen molar-refractivity contribution in [2.24, 2.45) is 7.05 Å². The van der Waals surface area contributed by atoms with E-state index < -0.39 is 0 Å². The third-order valence-corrected chi connectivity index (χ3v) is 5.03. The van der Waals surface area contributed by atoms with Crippen molar-refractivity contribution in [2.75, 3.05) is 11.9 Å². The van der Waals surface area contributed by atoms with Gasteiger partial charge < -0.3 is 10.3 Å². The molecule has 3 aromatic heterocycles. The van der Waals surface area contributed by atoms with Crippen LogP contribution in [0.15, 0.2) is 59.8 Å². The average Bonchev–Trinajstić information content (AvgIpc) is 3.13. The third kappa shape index (κ3) is 3.53. The van der Waals surface area contributed by atoms with Crippen molar-refractivity contribution in [1.29, 1.82) is 0 Å². The summed E-state index contributed by atoms with van der Waals surface area (Å²) < 4.78 is 1.54. The first-order chi connectivity index (χ1) is 13.7. The Balaban J connectivity index is 1.54. The molecule has 0 atom stereocenters. The molecule has 0 aliphatic heterocycles. The summed E-state index contributed by atoms with van der Waals surface area (Å²) in [7, 11) is 1.73. The lowest BCUT2D eigenvalue weighted by Gasteiger charge is -2.11. The Morgan fingerprint density at radius 2 is 1.96 bits per heavy atom. The molecule has 0 fully saturated rings. The molecule has 0 saturated carbocycles. The molecule has 0 bridgehead atoms. The first-order valence-corrected chi connectivity index (χ1v) is 9.47. The van der Waals surface area contributed by atoms with Crippen molar-refractivity contribution in [2.45, 2.75) is 19.8 Å². The second-order valence-electron chi connectivity index (χ2n) is 6.82. The van der Waals surface area contributed by atoms with E-state index in [1.165, 1.54) is 21.1 Å². The molecule has 1 aromatic carbocycles. The molecule has 0 amide bonds. The minimum Gasteiger partial charge on any atom is -0.361 e. The minimum absolute atomic E-state index is 0.0935. The number of aromatic amines is 1. The van der Waals surface area contributed by atoms with Crippen molar-refractivity contribution in [3.8, 4) is 11.3 Å².